The normalized spacial score (nSPS) is 10.2. The summed E-state index contributed by atoms with van der Waals surface area (Å²) in [7, 11) is 0. The fourth-order valence-corrected chi connectivity index (χ4v) is 1.93. The Hall–Kier alpha value is -2.41. The third-order valence-electron chi connectivity index (χ3n) is 3.15. The van der Waals surface area contributed by atoms with Crippen molar-refractivity contribution >= 4 is 0 Å². The van der Waals surface area contributed by atoms with Crippen LogP contribution >= 0.6 is 0 Å². The number of hydrogen-bond acceptors (Lipinski definition) is 2. The quantitative estimate of drug-likeness (QED) is 0.828. The Kier molecular flexibility index (Phi) is 3.48. The Morgan fingerprint density at radius 2 is 2.00 bits per heavy atom. The van der Waals surface area contributed by atoms with E-state index in [1.54, 1.807) is 19.1 Å². The van der Waals surface area contributed by atoms with Crippen molar-refractivity contribution in [2.75, 3.05) is 0 Å². The molecule has 96 valence electrons. The van der Waals surface area contributed by atoms with Crippen molar-refractivity contribution in [3.05, 3.63) is 68.9 Å². The van der Waals surface area contributed by atoms with E-state index in [0.29, 0.717) is 0 Å². The lowest BCUT2D eigenvalue weighted by Gasteiger charge is -2.12. The number of aryl methyl sites for hydroxylation is 2. The van der Waals surface area contributed by atoms with Crippen molar-refractivity contribution in [3.8, 4) is 6.07 Å². The molecule has 2 rings (SSSR count). The number of hydrogen-bond donors (Lipinski definition) is 0. The van der Waals surface area contributed by atoms with Crippen LogP contribution in [0.5, 0.6) is 0 Å². The van der Waals surface area contributed by atoms with Crippen LogP contribution in [0.15, 0.2) is 35.1 Å². The van der Waals surface area contributed by atoms with Crippen molar-refractivity contribution in [2.24, 2.45) is 0 Å². The monoisotopic (exact) mass is 256 g/mol. The molecule has 0 saturated carbocycles. The maximum Gasteiger partial charge on any atom is 0.268 e. The Morgan fingerprint density at radius 3 is 2.68 bits per heavy atom. The van der Waals surface area contributed by atoms with Crippen molar-refractivity contribution in [2.45, 2.75) is 20.4 Å². The van der Waals surface area contributed by atoms with E-state index >= 15 is 0 Å². The maximum absolute atomic E-state index is 13.3. The van der Waals surface area contributed by atoms with Crippen LogP contribution in [-0.2, 0) is 6.54 Å². The van der Waals surface area contributed by atoms with Crippen LogP contribution in [0.25, 0.3) is 0 Å². The zero-order chi connectivity index (χ0) is 14.0. The average Bonchev–Trinajstić information content (AvgIpc) is 2.38. The molecule has 4 heteroatoms. The minimum atomic E-state index is -0.342. The van der Waals surface area contributed by atoms with Gasteiger partial charge in [0.15, 0.2) is 0 Å². The van der Waals surface area contributed by atoms with Crippen LogP contribution in [0.1, 0.15) is 22.4 Å². The molecule has 0 amide bonds. The van der Waals surface area contributed by atoms with Gasteiger partial charge in [0, 0.05) is 5.69 Å². The molecule has 0 radical (unpaired) electrons. The highest BCUT2D eigenvalue weighted by atomic mass is 19.1. The van der Waals surface area contributed by atoms with Crippen molar-refractivity contribution in [3.63, 3.8) is 0 Å². The molecule has 0 aliphatic carbocycles. The summed E-state index contributed by atoms with van der Waals surface area (Å²) in [5.41, 5.74) is 2.15. The molecule has 19 heavy (non-hydrogen) atoms. The van der Waals surface area contributed by atoms with Crippen molar-refractivity contribution in [1.29, 1.82) is 5.26 Å². The highest BCUT2D eigenvalue weighted by Crippen LogP contribution is 2.12. The Balaban J connectivity index is 2.53. The summed E-state index contributed by atoms with van der Waals surface area (Å²) in [5.74, 6) is -0.331. The van der Waals surface area contributed by atoms with Gasteiger partial charge in [0.1, 0.15) is 17.4 Å². The molecule has 3 nitrogen and oxygen atoms in total. The summed E-state index contributed by atoms with van der Waals surface area (Å²) < 4.78 is 14.7. The predicted octanol–water partition coefficient (Wildman–Crippen LogP) is 2.52. The number of aromatic nitrogens is 1. The molecule has 0 bridgehead atoms. The largest absolute Gasteiger partial charge is 0.307 e. The lowest BCUT2D eigenvalue weighted by atomic mass is 10.1. The van der Waals surface area contributed by atoms with Gasteiger partial charge in [-0.25, -0.2) is 4.39 Å². The van der Waals surface area contributed by atoms with Crippen LogP contribution in [0.3, 0.4) is 0 Å². The number of nitrogens with zero attached hydrogens (tertiary/aromatic N) is 2. The molecule has 1 aromatic carbocycles. The Morgan fingerprint density at radius 1 is 1.26 bits per heavy atom. The van der Waals surface area contributed by atoms with Crippen molar-refractivity contribution in [1.82, 2.24) is 4.57 Å². The SMILES string of the molecule is Cc1ccc(F)cc1Cn1c(C)ccc(C#N)c1=O. The maximum atomic E-state index is 13.3. The van der Waals surface area contributed by atoms with Gasteiger partial charge >= 0.3 is 0 Å². The van der Waals surface area contributed by atoms with Gasteiger partial charge in [-0.1, -0.05) is 6.07 Å². The van der Waals surface area contributed by atoms with E-state index in [9.17, 15) is 9.18 Å². The average molecular weight is 256 g/mol. The number of halogens is 1. The van der Waals surface area contributed by atoms with Gasteiger partial charge in [0.25, 0.3) is 5.56 Å². The summed E-state index contributed by atoms with van der Waals surface area (Å²) >= 11 is 0. The molecule has 0 atom stereocenters. The van der Waals surface area contributed by atoms with Gasteiger partial charge in [0.05, 0.1) is 6.54 Å². The van der Waals surface area contributed by atoms with Gasteiger partial charge in [-0.15, -0.1) is 0 Å². The molecular formula is C15H13FN2O. The molecule has 0 aliphatic rings. The summed E-state index contributed by atoms with van der Waals surface area (Å²) in [6.45, 7) is 3.92. The van der Waals surface area contributed by atoms with Crippen LogP contribution in [0.4, 0.5) is 4.39 Å². The minimum absolute atomic E-state index is 0.0969. The van der Waals surface area contributed by atoms with E-state index in [-0.39, 0.29) is 23.5 Å². The first kappa shape index (κ1) is 13.0. The minimum Gasteiger partial charge on any atom is -0.307 e. The third kappa shape index (κ3) is 2.55. The van der Waals surface area contributed by atoms with E-state index in [0.717, 1.165) is 16.8 Å². The molecule has 0 spiro atoms. The first-order valence-corrected chi connectivity index (χ1v) is 5.88. The summed E-state index contributed by atoms with van der Waals surface area (Å²) in [6, 6.07) is 9.58. The number of pyridine rings is 1. The van der Waals surface area contributed by atoms with Gasteiger partial charge < -0.3 is 4.57 Å². The van der Waals surface area contributed by atoms with E-state index < -0.39 is 0 Å². The smallest absolute Gasteiger partial charge is 0.268 e. The summed E-state index contributed by atoms with van der Waals surface area (Å²) in [6.07, 6.45) is 0. The second-order valence-corrected chi connectivity index (χ2v) is 4.46. The standard InChI is InChI=1S/C15H13FN2O/c1-10-3-6-14(16)7-13(10)9-18-11(2)4-5-12(8-17)15(18)19/h3-7H,9H2,1-2H3. The summed E-state index contributed by atoms with van der Waals surface area (Å²) in [4.78, 5) is 12.1. The molecule has 0 unspecified atom stereocenters. The number of nitriles is 1. The topological polar surface area (TPSA) is 45.8 Å². The molecular weight excluding hydrogens is 243 g/mol. The van der Waals surface area contributed by atoms with E-state index in [2.05, 4.69) is 0 Å². The highest BCUT2D eigenvalue weighted by molar-refractivity contribution is 5.30. The van der Waals surface area contributed by atoms with Crippen LogP contribution < -0.4 is 5.56 Å². The number of benzene rings is 1. The molecule has 0 fully saturated rings. The Labute approximate surface area is 110 Å². The zero-order valence-corrected chi connectivity index (χ0v) is 10.8. The molecule has 0 N–H and O–H groups in total. The van der Waals surface area contributed by atoms with Crippen LogP contribution in [0.2, 0.25) is 0 Å². The Bertz CT molecular complexity index is 726. The third-order valence-corrected chi connectivity index (χ3v) is 3.15. The van der Waals surface area contributed by atoms with Gasteiger partial charge in [-0.2, -0.15) is 5.26 Å². The fraction of sp³-hybridized carbons (Fsp3) is 0.200. The number of rotatable bonds is 2. The molecule has 2 aromatic rings. The first-order chi connectivity index (χ1) is 9.02. The van der Waals surface area contributed by atoms with E-state index in [4.69, 9.17) is 5.26 Å². The predicted molar refractivity (Wildman–Crippen MR) is 70.4 cm³/mol. The van der Waals surface area contributed by atoms with E-state index in [1.807, 2.05) is 13.0 Å². The van der Waals surface area contributed by atoms with Crippen LogP contribution in [-0.4, -0.2) is 4.57 Å². The van der Waals surface area contributed by atoms with Gasteiger partial charge in [-0.3, -0.25) is 4.79 Å². The van der Waals surface area contributed by atoms with Crippen molar-refractivity contribution < 1.29 is 4.39 Å². The van der Waals surface area contributed by atoms with Crippen LogP contribution in [0, 0.1) is 31.0 Å². The first-order valence-electron chi connectivity index (χ1n) is 5.88. The van der Waals surface area contributed by atoms with Gasteiger partial charge in [-0.05, 0) is 49.2 Å². The molecule has 0 aliphatic heterocycles. The zero-order valence-electron chi connectivity index (χ0n) is 10.8. The highest BCUT2D eigenvalue weighted by Gasteiger charge is 2.08. The fourth-order valence-electron chi connectivity index (χ4n) is 1.93. The molecule has 1 aromatic heterocycles. The second kappa shape index (κ2) is 5.07. The molecule has 1 heterocycles. The molecule has 0 saturated heterocycles. The second-order valence-electron chi connectivity index (χ2n) is 4.46. The summed E-state index contributed by atoms with van der Waals surface area (Å²) in [5, 5.41) is 8.88. The lowest BCUT2D eigenvalue weighted by molar-refractivity contribution is 0.620. The lowest BCUT2D eigenvalue weighted by Crippen LogP contribution is -2.25. The van der Waals surface area contributed by atoms with Gasteiger partial charge in [0.2, 0.25) is 0 Å². The van der Waals surface area contributed by atoms with E-state index in [1.165, 1.54) is 22.8 Å².